The van der Waals surface area contributed by atoms with E-state index in [1.54, 1.807) is 0 Å². The molecule has 0 unspecified atom stereocenters. The van der Waals surface area contributed by atoms with Crippen LogP contribution in [0.3, 0.4) is 0 Å². The third-order valence-electron chi connectivity index (χ3n) is 2.28. The van der Waals surface area contributed by atoms with Crippen molar-refractivity contribution in [3.63, 3.8) is 0 Å². The first-order valence-electron chi connectivity index (χ1n) is 4.86. The molecule has 1 aliphatic rings. The predicted octanol–water partition coefficient (Wildman–Crippen LogP) is 1.76. The molecule has 0 aliphatic heterocycles. The summed E-state index contributed by atoms with van der Waals surface area (Å²) in [6, 6.07) is 0.634. The summed E-state index contributed by atoms with van der Waals surface area (Å²) in [7, 11) is 0. The second-order valence-electron chi connectivity index (χ2n) is 3.37. The Kier molecular flexibility index (Phi) is 5.55. The lowest BCUT2D eigenvalue weighted by atomic mass is 10.3. The van der Waals surface area contributed by atoms with Crippen molar-refractivity contribution < 1.29 is 0 Å². The third kappa shape index (κ3) is 4.72. The van der Waals surface area contributed by atoms with Crippen LogP contribution in [0.4, 0.5) is 0 Å². The Labute approximate surface area is 90.2 Å². The van der Waals surface area contributed by atoms with Gasteiger partial charge < -0.3 is 10.6 Å². The normalized spacial score (nSPS) is 17.3. The summed E-state index contributed by atoms with van der Waals surface area (Å²) < 4.78 is 0. The first-order valence-corrected chi connectivity index (χ1v) is 6.66. The first kappa shape index (κ1) is 11.1. The molecule has 1 rings (SSSR count). The Morgan fingerprint density at radius 2 is 2.15 bits per heavy atom. The fourth-order valence-electron chi connectivity index (χ4n) is 1.57. The maximum atomic E-state index is 5.17. The van der Waals surface area contributed by atoms with E-state index in [0.29, 0.717) is 6.04 Å². The van der Waals surface area contributed by atoms with Gasteiger partial charge in [-0.05, 0) is 31.3 Å². The minimum absolute atomic E-state index is 0.634. The van der Waals surface area contributed by atoms with Gasteiger partial charge in [-0.1, -0.05) is 12.8 Å². The van der Waals surface area contributed by atoms with Crippen molar-refractivity contribution in [3.8, 4) is 0 Å². The highest BCUT2D eigenvalue weighted by molar-refractivity contribution is 7.98. The first-order chi connectivity index (χ1) is 6.33. The molecule has 0 atom stereocenters. The van der Waals surface area contributed by atoms with Gasteiger partial charge >= 0.3 is 0 Å². The Morgan fingerprint density at radius 3 is 2.77 bits per heavy atom. The average Bonchev–Trinajstić information content (AvgIpc) is 2.57. The number of hydrogen-bond donors (Lipinski definition) is 2. The van der Waals surface area contributed by atoms with Crippen molar-refractivity contribution in [1.29, 1.82) is 0 Å². The smallest absolute Gasteiger partial charge is 0.166 e. The highest BCUT2D eigenvalue weighted by Gasteiger charge is 2.14. The van der Waals surface area contributed by atoms with Crippen molar-refractivity contribution in [2.24, 2.45) is 0 Å². The molecule has 0 heterocycles. The lowest BCUT2D eigenvalue weighted by Gasteiger charge is -2.15. The van der Waals surface area contributed by atoms with Crippen LogP contribution in [0, 0.1) is 0 Å². The van der Waals surface area contributed by atoms with E-state index in [1.165, 1.54) is 25.7 Å². The highest BCUT2D eigenvalue weighted by atomic mass is 32.2. The van der Waals surface area contributed by atoms with E-state index in [2.05, 4.69) is 16.9 Å². The van der Waals surface area contributed by atoms with Crippen molar-refractivity contribution in [1.82, 2.24) is 10.6 Å². The zero-order valence-corrected chi connectivity index (χ0v) is 9.77. The van der Waals surface area contributed by atoms with Crippen molar-refractivity contribution in [3.05, 3.63) is 0 Å². The third-order valence-corrected chi connectivity index (χ3v) is 3.16. The van der Waals surface area contributed by atoms with Crippen LogP contribution in [-0.4, -0.2) is 29.7 Å². The van der Waals surface area contributed by atoms with E-state index in [0.717, 1.165) is 17.4 Å². The zero-order chi connectivity index (χ0) is 9.52. The molecule has 4 heteroatoms. The quantitative estimate of drug-likeness (QED) is 0.555. The van der Waals surface area contributed by atoms with Gasteiger partial charge in [-0.2, -0.15) is 11.8 Å². The van der Waals surface area contributed by atoms with Crippen LogP contribution in [0.15, 0.2) is 0 Å². The van der Waals surface area contributed by atoms with Crippen LogP contribution in [0.1, 0.15) is 25.7 Å². The minimum Gasteiger partial charge on any atom is -0.362 e. The van der Waals surface area contributed by atoms with Gasteiger partial charge in [0.15, 0.2) is 5.11 Å². The van der Waals surface area contributed by atoms with E-state index in [-0.39, 0.29) is 0 Å². The minimum atomic E-state index is 0.634. The van der Waals surface area contributed by atoms with E-state index < -0.39 is 0 Å². The maximum Gasteiger partial charge on any atom is 0.166 e. The maximum absolute atomic E-state index is 5.17. The number of thioether (sulfide) groups is 1. The molecule has 2 N–H and O–H groups in total. The number of nitrogens with one attached hydrogen (secondary N) is 2. The summed E-state index contributed by atoms with van der Waals surface area (Å²) in [4.78, 5) is 0. The van der Waals surface area contributed by atoms with Crippen LogP contribution in [0.2, 0.25) is 0 Å². The van der Waals surface area contributed by atoms with Crippen LogP contribution < -0.4 is 10.6 Å². The summed E-state index contributed by atoms with van der Waals surface area (Å²) in [5, 5.41) is 7.39. The van der Waals surface area contributed by atoms with E-state index in [9.17, 15) is 0 Å². The number of thiocarbonyl (C=S) groups is 1. The molecule has 1 fully saturated rings. The molecule has 2 nitrogen and oxygen atoms in total. The summed E-state index contributed by atoms with van der Waals surface area (Å²) in [5.74, 6) is 1.12. The fourth-order valence-corrected chi connectivity index (χ4v) is 2.15. The molecule has 1 saturated carbocycles. The summed E-state index contributed by atoms with van der Waals surface area (Å²) >= 11 is 7.01. The Bertz CT molecular complexity index is 156. The Hall–Kier alpha value is 0.0400. The zero-order valence-electron chi connectivity index (χ0n) is 8.14. The monoisotopic (exact) mass is 218 g/mol. The number of hydrogen-bond acceptors (Lipinski definition) is 2. The van der Waals surface area contributed by atoms with Gasteiger partial charge in [0.1, 0.15) is 0 Å². The van der Waals surface area contributed by atoms with Gasteiger partial charge in [0.05, 0.1) is 0 Å². The van der Waals surface area contributed by atoms with Crippen LogP contribution in [0.25, 0.3) is 0 Å². The van der Waals surface area contributed by atoms with E-state index in [4.69, 9.17) is 12.2 Å². The standard InChI is InChI=1S/C9H18N2S2/c1-13-7-6-10-9(12)11-8-4-2-3-5-8/h8H,2-7H2,1H3,(H2,10,11,12). The van der Waals surface area contributed by atoms with Crippen molar-refractivity contribution >= 4 is 29.1 Å². The molecule has 1 aliphatic carbocycles. The van der Waals surface area contributed by atoms with Gasteiger partial charge in [-0.15, -0.1) is 0 Å². The largest absolute Gasteiger partial charge is 0.362 e. The molecule has 76 valence electrons. The lowest BCUT2D eigenvalue weighted by molar-refractivity contribution is 0.623. The summed E-state index contributed by atoms with van der Waals surface area (Å²) in [6.07, 6.45) is 7.38. The average molecular weight is 218 g/mol. The molecule has 0 amide bonds. The molecule has 0 radical (unpaired) electrons. The molecule has 0 aromatic rings. The van der Waals surface area contributed by atoms with E-state index in [1.807, 2.05) is 11.8 Å². The summed E-state index contributed by atoms with van der Waals surface area (Å²) in [6.45, 7) is 0.972. The second kappa shape index (κ2) is 6.49. The molecule has 0 aromatic carbocycles. The van der Waals surface area contributed by atoms with Crippen LogP contribution in [-0.2, 0) is 0 Å². The summed E-state index contributed by atoms with van der Waals surface area (Å²) in [5.41, 5.74) is 0. The molecule has 13 heavy (non-hydrogen) atoms. The van der Waals surface area contributed by atoms with Gasteiger partial charge in [0, 0.05) is 18.3 Å². The van der Waals surface area contributed by atoms with Crippen molar-refractivity contribution in [2.45, 2.75) is 31.7 Å². The van der Waals surface area contributed by atoms with Crippen LogP contribution >= 0.6 is 24.0 Å². The number of rotatable bonds is 4. The van der Waals surface area contributed by atoms with Crippen LogP contribution in [0.5, 0.6) is 0 Å². The van der Waals surface area contributed by atoms with Gasteiger partial charge in [-0.3, -0.25) is 0 Å². The SMILES string of the molecule is CSCCNC(=S)NC1CCCC1. The van der Waals surface area contributed by atoms with Crippen molar-refractivity contribution in [2.75, 3.05) is 18.6 Å². The Balaban J connectivity index is 2.02. The fraction of sp³-hybridized carbons (Fsp3) is 0.889. The van der Waals surface area contributed by atoms with Gasteiger partial charge in [0.2, 0.25) is 0 Å². The molecule has 0 spiro atoms. The molecular weight excluding hydrogens is 200 g/mol. The van der Waals surface area contributed by atoms with Gasteiger partial charge in [0.25, 0.3) is 0 Å². The molecule has 0 bridgehead atoms. The molecule has 0 aromatic heterocycles. The Morgan fingerprint density at radius 1 is 1.46 bits per heavy atom. The van der Waals surface area contributed by atoms with E-state index >= 15 is 0 Å². The molecular formula is C9H18N2S2. The highest BCUT2D eigenvalue weighted by Crippen LogP contribution is 2.17. The predicted molar refractivity (Wildman–Crippen MR) is 64.4 cm³/mol. The topological polar surface area (TPSA) is 24.1 Å². The molecule has 0 saturated heterocycles. The van der Waals surface area contributed by atoms with Gasteiger partial charge in [-0.25, -0.2) is 0 Å². The lowest BCUT2D eigenvalue weighted by Crippen LogP contribution is -2.41. The second-order valence-corrected chi connectivity index (χ2v) is 4.77.